The first kappa shape index (κ1) is 14.3. The van der Waals surface area contributed by atoms with Crippen molar-refractivity contribution in [3.05, 3.63) is 35.0 Å². The molecule has 1 aromatic heterocycles. The van der Waals surface area contributed by atoms with Crippen molar-refractivity contribution in [2.24, 2.45) is 10.9 Å². The largest absolute Gasteiger partial charge is 0.409 e. The van der Waals surface area contributed by atoms with Crippen LogP contribution in [0.3, 0.4) is 0 Å². The van der Waals surface area contributed by atoms with Crippen molar-refractivity contribution in [2.75, 3.05) is 7.05 Å². The molecule has 1 atom stereocenters. The Balaban J connectivity index is 2.31. The Morgan fingerprint density at radius 3 is 2.85 bits per heavy atom. The van der Waals surface area contributed by atoms with Crippen molar-refractivity contribution in [3.8, 4) is 0 Å². The van der Waals surface area contributed by atoms with Gasteiger partial charge in [0.05, 0.1) is 10.9 Å². The van der Waals surface area contributed by atoms with Crippen molar-refractivity contribution in [3.63, 3.8) is 0 Å². The number of carbonyl (C=O) groups excluding carboxylic acids is 1. The lowest BCUT2D eigenvalue weighted by atomic mass is 10.2. The summed E-state index contributed by atoms with van der Waals surface area (Å²) in [6.07, 6.45) is 0. The predicted molar refractivity (Wildman–Crippen MR) is 76.7 cm³/mol. The highest BCUT2D eigenvalue weighted by atomic mass is 32.1. The number of hydrogen-bond acceptors (Lipinski definition) is 4. The van der Waals surface area contributed by atoms with Gasteiger partial charge in [0.1, 0.15) is 5.82 Å². The van der Waals surface area contributed by atoms with E-state index in [4.69, 9.17) is 10.9 Å². The van der Waals surface area contributed by atoms with Crippen LogP contribution >= 0.6 is 11.3 Å². The molecule has 20 heavy (non-hydrogen) atoms. The molecule has 0 bridgehead atoms. The van der Waals surface area contributed by atoms with Gasteiger partial charge in [-0.15, -0.1) is 11.3 Å². The summed E-state index contributed by atoms with van der Waals surface area (Å²) >= 11 is 1.21. The minimum atomic E-state index is -0.533. The highest BCUT2D eigenvalue weighted by Crippen LogP contribution is 2.27. The van der Waals surface area contributed by atoms with Crippen LogP contribution in [0.5, 0.6) is 0 Å². The van der Waals surface area contributed by atoms with E-state index < -0.39 is 6.04 Å². The number of nitrogens with two attached hydrogens (primary N) is 1. The van der Waals surface area contributed by atoms with Crippen molar-refractivity contribution < 1.29 is 14.4 Å². The summed E-state index contributed by atoms with van der Waals surface area (Å²) in [6, 6.07) is 5.55. The first-order valence-corrected chi connectivity index (χ1v) is 6.69. The number of rotatable bonds is 3. The summed E-state index contributed by atoms with van der Waals surface area (Å²) in [4.78, 5) is 14.2. The van der Waals surface area contributed by atoms with Crippen LogP contribution in [0, 0.1) is 5.82 Å². The van der Waals surface area contributed by atoms with Gasteiger partial charge >= 0.3 is 0 Å². The molecule has 1 unspecified atom stereocenters. The average molecular weight is 295 g/mol. The summed E-state index contributed by atoms with van der Waals surface area (Å²) in [6.45, 7) is 1.65. The zero-order chi connectivity index (χ0) is 14.9. The van der Waals surface area contributed by atoms with Crippen LogP contribution in [0.1, 0.15) is 16.6 Å². The molecule has 5 nitrogen and oxygen atoms in total. The van der Waals surface area contributed by atoms with E-state index in [1.165, 1.54) is 28.4 Å². The minimum Gasteiger partial charge on any atom is -0.409 e. The molecule has 0 saturated carbocycles. The Labute approximate surface area is 119 Å². The normalized spacial score (nSPS) is 13.4. The third kappa shape index (κ3) is 2.57. The topological polar surface area (TPSA) is 78.9 Å². The number of fused-ring (bicyclic) bond motifs is 1. The second kappa shape index (κ2) is 5.46. The fraction of sp³-hybridized carbons (Fsp3) is 0.231. The molecular formula is C13H14FN3O2S. The van der Waals surface area contributed by atoms with Crippen LogP contribution in [0.15, 0.2) is 29.4 Å². The van der Waals surface area contributed by atoms with Gasteiger partial charge in [-0.1, -0.05) is 11.2 Å². The maximum absolute atomic E-state index is 13.1. The van der Waals surface area contributed by atoms with Crippen LogP contribution in [0.4, 0.5) is 4.39 Å². The third-order valence-electron chi connectivity index (χ3n) is 3.14. The highest BCUT2D eigenvalue weighted by Gasteiger charge is 2.22. The smallest absolute Gasteiger partial charge is 0.264 e. The number of halogens is 1. The number of amides is 1. The third-order valence-corrected chi connectivity index (χ3v) is 4.22. The van der Waals surface area contributed by atoms with Crippen molar-refractivity contribution in [1.82, 2.24) is 4.90 Å². The zero-order valence-corrected chi connectivity index (χ0v) is 11.8. The number of benzene rings is 1. The summed E-state index contributed by atoms with van der Waals surface area (Å²) in [7, 11) is 1.57. The molecule has 0 aliphatic heterocycles. The van der Waals surface area contributed by atoms with Gasteiger partial charge in [-0.05, 0) is 30.5 Å². The van der Waals surface area contributed by atoms with Crippen LogP contribution in [0.2, 0.25) is 0 Å². The number of oxime groups is 1. The Hall–Kier alpha value is -2.15. The molecule has 1 heterocycles. The van der Waals surface area contributed by atoms with Crippen LogP contribution in [0.25, 0.3) is 10.1 Å². The van der Waals surface area contributed by atoms with Crippen molar-refractivity contribution in [1.29, 1.82) is 0 Å². The van der Waals surface area contributed by atoms with Gasteiger partial charge in [-0.25, -0.2) is 4.39 Å². The van der Waals surface area contributed by atoms with Gasteiger partial charge in [0.2, 0.25) is 0 Å². The van der Waals surface area contributed by atoms with E-state index in [1.807, 2.05) is 0 Å². The molecule has 0 fully saturated rings. The Kier molecular flexibility index (Phi) is 3.89. The summed E-state index contributed by atoms with van der Waals surface area (Å²) in [5, 5.41) is 12.3. The molecule has 1 aromatic carbocycles. The first-order valence-electron chi connectivity index (χ1n) is 5.87. The van der Waals surface area contributed by atoms with E-state index in [0.717, 1.165) is 5.39 Å². The molecule has 3 N–H and O–H groups in total. The molecule has 2 rings (SSSR count). The predicted octanol–water partition coefficient (Wildman–Crippen LogP) is 2.25. The standard InChI is InChI=1S/C13H14FN3O2S/c1-7(12(15)16-19)17(2)13(18)11-5-8-3-4-9(14)6-10(8)20-11/h3-7,19H,1-2H3,(H2,15,16). The highest BCUT2D eigenvalue weighted by molar-refractivity contribution is 7.20. The molecule has 7 heteroatoms. The molecule has 0 spiro atoms. The number of hydrogen-bond donors (Lipinski definition) is 2. The molecule has 0 radical (unpaired) electrons. The molecule has 0 aliphatic carbocycles. The Morgan fingerprint density at radius 2 is 2.20 bits per heavy atom. The number of likely N-dealkylation sites (N-methyl/N-ethyl adjacent to an activating group) is 1. The van der Waals surface area contributed by atoms with Gasteiger partial charge in [-0.2, -0.15) is 0 Å². The van der Waals surface area contributed by atoms with Gasteiger partial charge in [0, 0.05) is 11.7 Å². The van der Waals surface area contributed by atoms with Crippen LogP contribution in [-0.2, 0) is 0 Å². The summed E-state index contributed by atoms with van der Waals surface area (Å²) < 4.78 is 13.8. The lowest BCUT2D eigenvalue weighted by Gasteiger charge is -2.22. The van der Waals surface area contributed by atoms with Gasteiger partial charge < -0.3 is 15.8 Å². The van der Waals surface area contributed by atoms with Crippen molar-refractivity contribution >= 4 is 33.2 Å². The van der Waals surface area contributed by atoms with Crippen molar-refractivity contribution in [2.45, 2.75) is 13.0 Å². The minimum absolute atomic E-state index is 0.0481. The monoisotopic (exact) mass is 295 g/mol. The molecule has 1 amide bonds. The molecule has 106 valence electrons. The fourth-order valence-electron chi connectivity index (χ4n) is 1.74. The number of carbonyl (C=O) groups is 1. The van der Waals surface area contributed by atoms with Crippen LogP contribution < -0.4 is 5.73 Å². The average Bonchev–Trinajstić information content (AvgIpc) is 2.86. The SMILES string of the molecule is CC(/C(N)=N/O)N(C)C(=O)c1cc2ccc(F)cc2s1. The molecule has 0 saturated heterocycles. The Bertz CT molecular complexity index is 683. The Morgan fingerprint density at radius 1 is 1.50 bits per heavy atom. The van der Waals surface area contributed by atoms with E-state index in [-0.39, 0.29) is 17.6 Å². The maximum Gasteiger partial charge on any atom is 0.264 e. The van der Waals surface area contributed by atoms with E-state index >= 15 is 0 Å². The number of amidine groups is 1. The lowest BCUT2D eigenvalue weighted by molar-refractivity contribution is 0.0781. The fourth-order valence-corrected chi connectivity index (χ4v) is 2.81. The van der Waals surface area contributed by atoms with Gasteiger partial charge in [0.15, 0.2) is 5.84 Å². The summed E-state index contributed by atoms with van der Waals surface area (Å²) in [5.41, 5.74) is 5.49. The zero-order valence-electron chi connectivity index (χ0n) is 11.0. The molecular weight excluding hydrogens is 281 g/mol. The van der Waals surface area contributed by atoms with E-state index in [1.54, 1.807) is 26.1 Å². The van der Waals surface area contributed by atoms with Gasteiger partial charge in [0.25, 0.3) is 5.91 Å². The second-order valence-electron chi connectivity index (χ2n) is 4.41. The van der Waals surface area contributed by atoms with Crippen LogP contribution in [-0.4, -0.2) is 34.9 Å². The molecule has 0 aliphatic rings. The number of thiophene rings is 1. The quantitative estimate of drug-likeness (QED) is 0.394. The first-order chi connectivity index (χ1) is 9.43. The molecule has 2 aromatic rings. The summed E-state index contributed by atoms with van der Waals surface area (Å²) in [5.74, 6) is -0.643. The van der Waals surface area contributed by atoms with E-state index in [0.29, 0.717) is 9.58 Å². The maximum atomic E-state index is 13.1. The lowest BCUT2D eigenvalue weighted by Crippen LogP contribution is -2.43. The second-order valence-corrected chi connectivity index (χ2v) is 5.49. The number of nitrogens with zero attached hydrogens (tertiary/aromatic N) is 2. The van der Waals surface area contributed by atoms with E-state index in [2.05, 4.69) is 5.16 Å². The van der Waals surface area contributed by atoms with Gasteiger partial charge in [-0.3, -0.25) is 4.79 Å². The van der Waals surface area contributed by atoms with E-state index in [9.17, 15) is 9.18 Å².